The highest BCUT2D eigenvalue weighted by molar-refractivity contribution is 6.30. The number of hydrogen-bond acceptors (Lipinski definition) is 3. The number of piperidine rings is 1. The molecular formula is C14H18ClN3O2. The largest absolute Gasteiger partial charge is 0.368 e. The Morgan fingerprint density at radius 3 is 2.65 bits per heavy atom. The molecule has 2 amide bonds. The topological polar surface area (TPSA) is 75.4 Å². The number of anilines is 1. The van der Waals surface area contributed by atoms with Crippen molar-refractivity contribution in [3.8, 4) is 0 Å². The minimum atomic E-state index is -0.357. The van der Waals surface area contributed by atoms with Crippen LogP contribution in [-0.2, 0) is 9.59 Å². The van der Waals surface area contributed by atoms with Gasteiger partial charge < -0.3 is 11.1 Å². The molecule has 0 bridgehead atoms. The normalized spacial score (nSPS) is 19.6. The van der Waals surface area contributed by atoms with Gasteiger partial charge in [-0.15, -0.1) is 0 Å². The third kappa shape index (κ3) is 3.95. The van der Waals surface area contributed by atoms with Crippen molar-refractivity contribution in [2.45, 2.75) is 25.3 Å². The number of halogens is 1. The standard InChI is InChI=1S/C14H18ClN3O2/c15-10-4-6-11(7-5-10)17-13(19)9-18-8-2-1-3-12(18)14(16)20/h4-7,12H,1-3,8-9H2,(H2,16,20)(H,17,19)/t12-/m1/s1. The van der Waals surface area contributed by atoms with E-state index in [4.69, 9.17) is 17.3 Å². The molecule has 1 aromatic carbocycles. The smallest absolute Gasteiger partial charge is 0.238 e. The van der Waals surface area contributed by atoms with Gasteiger partial charge in [-0.3, -0.25) is 14.5 Å². The Morgan fingerprint density at radius 1 is 1.30 bits per heavy atom. The van der Waals surface area contributed by atoms with Gasteiger partial charge in [0.1, 0.15) is 0 Å². The van der Waals surface area contributed by atoms with E-state index in [0.717, 1.165) is 25.8 Å². The maximum atomic E-state index is 12.0. The van der Waals surface area contributed by atoms with Crippen LogP contribution in [0.2, 0.25) is 5.02 Å². The molecule has 1 saturated heterocycles. The van der Waals surface area contributed by atoms with Gasteiger partial charge in [0.25, 0.3) is 0 Å². The second kappa shape index (κ2) is 6.72. The lowest BCUT2D eigenvalue weighted by atomic mass is 10.0. The van der Waals surface area contributed by atoms with Crippen molar-refractivity contribution in [3.05, 3.63) is 29.3 Å². The summed E-state index contributed by atoms with van der Waals surface area (Å²) in [4.78, 5) is 25.2. The Kier molecular flexibility index (Phi) is 4.98. The fraction of sp³-hybridized carbons (Fsp3) is 0.429. The predicted octanol–water partition coefficient (Wildman–Crippen LogP) is 1.62. The molecule has 0 aromatic heterocycles. The number of hydrogen-bond donors (Lipinski definition) is 2. The second-order valence-electron chi connectivity index (χ2n) is 4.94. The lowest BCUT2D eigenvalue weighted by Crippen LogP contribution is -2.50. The maximum absolute atomic E-state index is 12.0. The van der Waals surface area contributed by atoms with Crippen LogP contribution in [0.3, 0.4) is 0 Å². The number of rotatable bonds is 4. The summed E-state index contributed by atoms with van der Waals surface area (Å²) < 4.78 is 0. The molecule has 1 aliphatic rings. The van der Waals surface area contributed by atoms with Crippen molar-refractivity contribution in [1.29, 1.82) is 0 Å². The molecular weight excluding hydrogens is 278 g/mol. The molecule has 1 heterocycles. The molecule has 1 fully saturated rings. The van der Waals surface area contributed by atoms with E-state index in [2.05, 4.69) is 5.32 Å². The van der Waals surface area contributed by atoms with Crippen LogP contribution in [-0.4, -0.2) is 35.8 Å². The summed E-state index contributed by atoms with van der Waals surface area (Å²) in [6.45, 7) is 0.901. The van der Waals surface area contributed by atoms with Gasteiger partial charge in [0, 0.05) is 10.7 Å². The molecule has 3 N–H and O–H groups in total. The Hall–Kier alpha value is -1.59. The van der Waals surface area contributed by atoms with Crippen molar-refractivity contribution >= 4 is 29.1 Å². The molecule has 1 aliphatic heterocycles. The second-order valence-corrected chi connectivity index (χ2v) is 5.38. The first-order valence-electron chi connectivity index (χ1n) is 6.65. The number of primary amides is 1. The Morgan fingerprint density at radius 2 is 2.00 bits per heavy atom. The summed E-state index contributed by atoms with van der Waals surface area (Å²) >= 11 is 5.79. The molecule has 0 unspecified atom stereocenters. The predicted molar refractivity (Wildman–Crippen MR) is 78.5 cm³/mol. The molecule has 1 aromatic rings. The van der Waals surface area contributed by atoms with E-state index < -0.39 is 0 Å². The van der Waals surface area contributed by atoms with E-state index in [-0.39, 0.29) is 24.4 Å². The Labute approximate surface area is 123 Å². The van der Waals surface area contributed by atoms with Crippen molar-refractivity contribution in [3.63, 3.8) is 0 Å². The summed E-state index contributed by atoms with van der Waals surface area (Å²) in [5, 5.41) is 3.40. The van der Waals surface area contributed by atoms with Crippen LogP contribution in [0.25, 0.3) is 0 Å². The van der Waals surface area contributed by atoms with E-state index in [1.54, 1.807) is 24.3 Å². The quantitative estimate of drug-likeness (QED) is 0.886. The number of nitrogens with zero attached hydrogens (tertiary/aromatic N) is 1. The zero-order valence-corrected chi connectivity index (χ0v) is 11.9. The van der Waals surface area contributed by atoms with Crippen molar-refractivity contribution < 1.29 is 9.59 Å². The first kappa shape index (κ1) is 14.8. The summed E-state index contributed by atoms with van der Waals surface area (Å²) in [6, 6.07) is 6.57. The number of nitrogens with two attached hydrogens (primary N) is 1. The van der Waals surface area contributed by atoms with Gasteiger partial charge >= 0.3 is 0 Å². The highest BCUT2D eigenvalue weighted by Gasteiger charge is 2.28. The van der Waals surface area contributed by atoms with Crippen LogP contribution in [0.15, 0.2) is 24.3 Å². The number of carbonyl (C=O) groups excluding carboxylic acids is 2. The Balaban J connectivity index is 1.92. The van der Waals surface area contributed by atoms with Gasteiger partial charge in [-0.05, 0) is 43.7 Å². The third-order valence-electron chi connectivity index (χ3n) is 3.42. The van der Waals surface area contributed by atoms with E-state index in [0.29, 0.717) is 10.7 Å². The highest BCUT2D eigenvalue weighted by Crippen LogP contribution is 2.17. The first-order valence-corrected chi connectivity index (χ1v) is 7.03. The molecule has 0 spiro atoms. The Bertz CT molecular complexity index is 490. The SMILES string of the molecule is NC(=O)[C@H]1CCCCN1CC(=O)Nc1ccc(Cl)cc1. The number of amides is 2. The van der Waals surface area contributed by atoms with E-state index in [9.17, 15) is 9.59 Å². The monoisotopic (exact) mass is 295 g/mol. The fourth-order valence-electron chi connectivity index (χ4n) is 2.42. The first-order chi connectivity index (χ1) is 9.56. The van der Waals surface area contributed by atoms with Crippen LogP contribution in [0.5, 0.6) is 0 Å². The molecule has 0 radical (unpaired) electrons. The van der Waals surface area contributed by atoms with Crippen molar-refractivity contribution in [2.24, 2.45) is 5.73 Å². The zero-order chi connectivity index (χ0) is 14.5. The van der Waals surface area contributed by atoms with Gasteiger partial charge in [0.2, 0.25) is 11.8 Å². The van der Waals surface area contributed by atoms with Gasteiger partial charge in [-0.2, -0.15) is 0 Å². The van der Waals surface area contributed by atoms with Gasteiger partial charge in [-0.1, -0.05) is 18.0 Å². The van der Waals surface area contributed by atoms with Crippen LogP contribution in [0.1, 0.15) is 19.3 Å². The molecule has 20 heavy (non-hydrogen) atoms. The van der Waals surface area contributed by atoms with Crippen molar-refractivity contribution in [2.75, 3.05) is 18.4 Å². The van der Waals surface area contributed by atoms with Gasteiger partial charge in [0.05, 0.1) is 12.6 Å². The van der Waals surface area contributed by atoms with Gasteiger partial charge in [0.15, 0.2) is 0 Å². The number of likely N-dealkylation sites (tertiary alicyclic amines) is 1. The average molecular weight is 296 g/mol. The van der Waals surface area contributed by atoms with E-state index in [1.165, 1.54) is 0 Å². The van der Waals surface area contributed by atoms with Crippen LogP contribution < -0.4 is 11.1 Å². The van der Waals surface area contributed by atoms with E-state index >= 15 is 0 Å². The number of carbonyl (C=O) groups is 2. The summed E-state index contributed by atoms with van der Waals surface area (Å²) in [7, 11) is 0. The summed E-state index contributed by atoms with van der Waals surface area (Å²) in [5.41, 5.74) is 6.06. The zero-order valence-electron chi connectivity index (χ0n) is 11.1. The highest BCUT2D eigenvalue weighted by atomic mass is 35.5. The van der Waals surface area contributed by atoms with E-state index in [1.807, 2.05) is 4.90 Å². The van der Waals surface area contributed by atoms with Crippen LogP contribution in [0.4, 0.5) is 5.69 Å². The number of benzene rings is 1. The molecule has 0 aliphatic carbocycles. The minimum Gasteiger partial charge on any atom is -0.368 e. The summed E-state index contributed by atoms with van der Waals surface area (Å²) in [6.07, 6.45) is 2.68. The van der Waals surface area contributed by atoms with Gasteiger partial charge in [-0.25, -0.2) is 0 Å². The minimum absolute atomic E-state index is 0.152. The lowest BCUT2D eigenvalue weighted by molar-refractivity contribution is -0.126. The maximum Gasteiger partial charge on any atom is 0.238 e. The molecule has 1 atom stereocenters. The van der Waals surface area contributed by atoms with Crippen molar-refractivity contribution in [1.82, 2.24) is 4.90 Å². The number of nitrogens with one attached hydrogen (secondary N) is 1. The molecule has 2 rings (SSSR count). The van der Waals surface area contributed by atoms with Crippen LogP contribution in [0, 0.1) is 0 Å². The molecule has 0 saturated carbocycles. The molecule has 6 heteroatoms. The van der Waals surface area contributed by atoms with Crippen LogP contribution >= 0.6 is 11.6 Å². The molecule has 108 valence electrons. The fourth-order valence-corrected chi connectivity index (χ4v) is 2.55. The third-order valence-corrected chi connectivity index (χ3v) is 3.67. The lowest BCUT2D eigenvalue weighted by Gasteiger charge is -2.32. The summed E-state index contributed by atoms with van der Waals surface area (Å²) in [5.74, 6) is -0.510. The average Bonchev–Trinajstić information content (AvgIpc) is 2.41. The molecule has 5 nitrogen and oxygen atoms in total.